The van der Waals surface area contributed by atoms with Gasteiger partial charge in [-0.05, 0) is 53.7 Å². The number of hydrogen-bond donors (Lipinski definition) is 0. The first-order valence-corrected chi connectivity index (χ1v) is 8.11. The van der Waals surface area contributed by atoms with Crippen molar-refractivity contribution in [3.05, 3.63) is 28.5 Å². The van der Waals surface area contributed by atoms with E-state index < -0.39 is 34.9 Å². The third kappa shape index (κ3) is 6.20. The first-order chi connectivity index (χ1) is 11.2. The topological polar surface area (TPSA) is 61.8 Å². The van der Waals surface area contributed by atoms with E-state index in [2.05, 4.69) is 0 Å². The van der Waals surface area contributed by atoms with Gasteiger partial charge in [0, 0.05) is 5.56 Å². The van der Waals surface area contributed by atoms with Gasteiger partial charge in [-0.15, -0.1) is 0 Å². The van der Waals surface area contributed by atoms with Gasteiger partial charge >= 0.3 is 11.9 Å². The molecule has 7 heteroatoms. The molecule has 0 atom stereocenters. The lowest BCUT2D eigenvalue weighted by Crippen LogP contribution is -2.36. The molecule has 0 aliphatic carbocycles. The first-order valence-electron chi connectivity index (χ1n) is 7.74. The van der Waals surface area contributed by atoms with Crippen molar-refractivity contribution in [2.24, 2.45) is 0 Å². The van der Waals surface area contributed by atoms with Gasteiger partial charge in [0.2, 0.25) is 0 Å². The van der Waals surface area contributed by atoms with E-state index in [-0.39, 0.29) is 16.3 Å². The Morgan fingerprint density at radius 2 is 1.44 bits per heavy atom. The highest BCUT2D eigenvalue weighted by atomic mass is 35.5. The number of carbonyl (C=O) groups is 2. The minimum atomic E-state index is -1.59. The smallest absolute Gasteiger partial charge is 0.325 e. The lowest BCUT2D eigenvalue weighted by Gasteiger charge is -2.26. The fourth-order valence-corrected chi connectivity index (χ4v) is 2.22. The minimum absolute atomic E-state index is 0.0240. The number of benzene rings is 1. The van der Waals surface area contributed by atoms with Crippen molar-refractivity contribution in [3.8, 4) is 5.75 Å². The Bertz CT molecular complexity index is 631. The molecular formula is C18H24ClFO5. The summed E-state index contributed by atoms with van der Waals surface area (Å²) in [6.07, 6.45) is 0. The number of hydrogen-bond acceptors (Lipinski definition) is 5. The van der Waals surface area contributed by atoms with Crippen LogP contribution >= 0.6 is 11.6 Å². The molecule has 25 heavy (non-hydrogen) atoms. The van der Waals surface area contributed by atoms with Gasteiger partial charge in [-0.3, -0.25) is 9.59 Å². The van der Waals surface area contributed by atoms with Crippen molar-refractivity contribution in [1.29, 1.82) is 0 Å². The van der Waals surface area contributed by atoms with Crippen LogP contribution in [0, 0.1) is 5.82 Å². The van der Waals surface area contributed by atoms with Crippen molar-refractivity contribution in [2.45, 2.75) is 58.7 Å². The Hall–Kier alpha value is -1.82. The number of halogens is 2. The zero-order valence-corrected chi connectivity index (χ0v) is 16.3. The molecule has 0 saturated carbocycles. The Kier molecular flexibility index (Phi) is 6.45. The van der Waals surface area contributed by atoms with Crippen LogP contribution in [0.2, 0.25) is 5.02 Å². The van der Waals surface area contributed by atoms with E-state index >= 15 is 0 Å². The molecule has 0 aliphatic heterocycles. The van der Waals surface area contributed by atoms with Gasteiger partial charge in [-0.2, -0.15) is 0 Å². The van der Waals surface area contributed by atoms with Crippen LogP contribution in [0.1, 0.15) is 53.0 Å². The van der Waals surface area contributed by atoms with Crippen LogP contribution in [0.4, 0.5) is 4.39 Å². The van der Waals surface area contributed by atoms with Crippen LogP contribution in [-0.4, -0.2) is 30.3 Å². The standard InChI is InChI=1S/C18H24ClFO5/c1-17(2,3)24-15(21)14(16(22)25-18(4,5)6)10-8-13(23-7)11(19)9-12(10)20/h8-9,14H,1-7H3. The summed E-state index contributed by atoms with van der Waals surface area (Å²) in [4.78, 5) is 25.1. The molecular weight excluding hydrogens is 351 g/mol. The molecule has 0 fully saturated rings. The Labute approximate surface area is 152 Å². The highest BCUT2D eigenvalue weighted by Gasteiger charge is 2.38. The average molecular weight is 375 g/mol. The molecule has 0 unspecified atom stereocenters. The van der Waals surface area contributed by atoms with Gasteiger partial charge in [0.15, 0.2) is 5.92 Å². The maximum absolute atomic E-state index is 14.4. The molecule has 1 aromatic carbocycles. The molecule has 0 bridgehead atoms. The predicted octanol–water partition coefficient (Wildman–Crippen LogP) is 4.25. The number of ether oxygens (including phenoxy) is 3. The second kappa shape index (κ2) is 7.60. The minimum Gasteiger partial charge on any atom is -0.495 e. The van der Waals surface area contributed by atoms with E-state index in [1.165, 1.54) is 13.2 Å². The number of esters is 2. The summed E-state index contributed by atoms with van der Waals surface area (Å²) >= 11 is 5.88. The lowest BCUT2D eigenvalue weighted by molar-refractivity contribution is -0.169. The monoisotopic (exact) mass is 374 g/mol. The van der Waals surface area contributed by atoms with Gasteiger partial charge < -0.3 is 14.2 Å². The van der Waals surface area contributed by atoms with Crippen molar-refractivity contribution >= 4 is 23.5 Å². The fraction of sp³-hybridized carbons (Fsp3) is 0.556. The molecule has 0 spiro atoms. The first kappa shape index (κ1) is 21.2. The Morgan fingerprint density at radius 3 is 1.80 bits per heavy atom. The Morgan fingerprint density at radius 1 is 1.00 bits per heavy atom. The van der Waals surface area contributed by atoms with Gasteiger partial charge in [0.25, 0.3) is 0 Å². The maximum atomic E-state index is 14.4. The summed E-state index contributed by atoms with van der Waals surface area (Å²) in [5.41, 5.74) is -1.93. The second-order valence-corrected chi connectivity index (χ2v) is 7.92. The average Bonchev–Trinajstić information content (AvgIpc) is 2.37. The van der Waals surface area contributed by atoms with Gasteiger partial charge in [0.05, 0.1) is 12.1 Å². The molecule has 1 rings (SSSR count). The van der Waals surface area contributed by atoms with E-state index in [9.17, 15) is 14.0 Å². The van der Waals surface area contributed by atoms with E-state index in [1.54, 1.807) is 41.5 Å². The van der Waals surface area contributed by atoms with E-state index in [0.717, 1.165) is 6.07 Å². The van der Waals surface area contributed by atoms with Crippen LogP contribution < -0.4 is 4.74 Å². The highest BCUT2D eigenvalue weighted by Crippen LogP contribution is 2.33. The summed E-state index contributed by atoms with van der Waals surface area (Å²) in [5, 5.41) is 0.0240. The quantitative estimate of drug-likeness (QED) is 0.582. The molecule has 0 radical (unpaired) electrons. The summed E-state index contributed by atoms with van der Waals surface area (Å²) < 4.78 is 30.0. The molecule has 0 N–H and O–H groups in total. The third-order valence-corrected chi connectivity index (χ3v) is 3.16. The number of carbonyl (C=O) groups excluding carboxylic acids is 2. The van der Waals surface area contributed by atoms with Crippen LogP contribution in [-0.2, 0) is 19.1 Å². The van der Waals surface area contributed by atoms with Crippen LogP contribution in [0.3, 0.4) is 0 Å². The van der Waals surface area contributed by atoms with Crippen molar-refractivity contribution in [1.82, 2.24) is 0 Å². The van der Waals surface area contributed by atoms with Crippen LogP contribution in [0.25, 0.3) is 0 Å². The normalized spacial score (nSPS) is 12.1. The zero-order valence-electron chi connectivity index (χ0n) is 15.5. The molecule has 0 saturated heterocycles. The summed E-state index contributed by atoms with van der Waals surface area (Å²) in [5.74, 6) is -4.11. The Balaban J connectivity index is 3.41. The summed E-state index contributed by atoms with van der Waals surface area (Å²) in [7, 11) is 1.35. The predicted molar refractivity (Wildman–Crippen MR) is 92.4 cm³/mol. The van der Waals surface area contributed by atoms with Crippen molar-refractivity contribution in [2.75, 3.05) is 7.11 Å². The molecule has 0 heterocycles. The van der Waals surface area contributed by atoms with E-state index in [1.807, 2.05) is 0 Å². The van der Waals surface area contributed by atoms with Crippen LogP contribution in [0.15, 0.2) is 12.1 Å². The van der Waals surface area contributed by atoms with Crippen molar-refractivity contribution in [3.63, 3.8) is 0 Å². The van der Waals surface area contributed by atoms with Gasteiger partial charge in [-0.1, -0.05) is 11.6 Å². The summed E-state index contributed by atoms with van der Waals surface area (Å²) in [6.45, 7) is 9.89. The largest absolute Gasteiger partial charge is 0.495 e. The highest BCUT2D eigenvalue weighted by molar-refractivity contribution is 6.32. The fourth-order valence-electron chi connectivity index (χ4n) is 1.99. The molecule has 140 valence electrons. The van der Waals surface area contributed by atoms with Gasteiger partial charge in [-0.25, -0.2) is 4.39 Å². The zero-order chi connectivity index (χ0) is 19.6. The summed E-state index contributed by atoms with van der Waals surface area (Å²) in [6, 6.07) is 2.19. The molecule has 1 aromatic rings. The number of rotatable bonds is 4. The van der Waals surface area contributed by atoms with E-state index in [0.29, 0.717) is 0 Å². The maximum Gasteiger partial charge on any atom is 0.325 e. The van der Waals surface area contributed by atoms with Crippen molar-refractivity contribution < 1.29 is 28.2 Å². The molecule has 5 nitrogen and oxygen atoms in total. The van der Waals surface area contributed by atoms with Crippen LogP contribution in [0.5, 0.6) is 5.75 Å². The van der Waals surface area contributed by atoms with E-state index in [4.69, 9.17) is 25.8 Å². The lowest BCUT2D eigenvalue weighted by atomic mass is 9.97. The number of methoxy groups -OCH3 is 1. The molecule has 0 amide bonds. The molecule has 0 aromatic heterocycles. The third-order valence-electron chi connectivity index (χ3n) is 2.87. The molecule has 0 aliphatic rings. The second-order valence-electron chi connectivity index (χ2n) is 7.51. The SMILES string of the molecule is COc1cc(C(C(=O)OC(C)(C)C)C(=O)OC(C)(C)C)c(F)cc1Cl. The van der Waals surface area contributed by atoms with Gasteiger partial charge in [0.1, 0.15) is 22.8 Å².